The molecule has 2 aliphatic rings. The lowest BCUT2D eigenvalue weighted by Crippen LogP contribution is -2.51. The van der Waals surface area contributed by atoms with Crippen LogP contribution in [-0.4, -0.2) is 48.6 Å². The molecule has 44 heavy (non-hydrogen) atoms. The minimum absolute atomic E-state index is 0.0360. The maximum absolute atomic E-state index is 14.0. The molecular weight excluding hydrogens is 620 g/mol. The Morgan fingerprint density at radius 2 is 1.73 bits per heavy atom. The van der Waals surface area contributed by atoms with E-state index in [1.54, 1.807) is 34.5 Å². The summed E-state index contributed by atoms with van der Waals surface area (Å²) >= 11 is 12.9. The molecule has 14 heteroatoms. The maximum atomic E-state index is 14.0. The summed E-state index contributed by atoms with van der Waals surface area (Å²) < 4.78 is 63.9. The highest BCUT2D eigenvalue weighted by Crippen LogP contribution is 2.44. The third kappa shape index (κ3) is 5.26. The molecule has 0 bridgehead atoms. The van der Waals surface area contributed by atoms with Crippen LogP contribution in [0.25, 0.3) is 16.9 Å². The number of ether oxygens (including phenoxy) is 3. The van der Waals surface area contributed by atoms with E-state index in [4.69, 9.17) is 37.4 Å². The van der Waals surface area contributed by atoms with Gasteiger partial charge in [-0.25, -0.2) is 27.5 Å². The molecule has 5 aromatic rings. The number of hydrogen-bond donors (Lipinski definition) is 0. The van der Waals surface area contributed by atoms with Crippen molar-refractivity contribution in [2.24, 2.45) is 0 Å². The summed E-state index contributed by atoms with van der Waals surface area (Å²) in [6, 6.07) is 15.9. The maximum Gasteiger partial charge on any atom is 0.194 e. The number of aromatic nitrogens is 6. The molecule has 2 saturated heterocycles. The molecule has 0 amide bonds. The summed E-state index contributed by atoms with van der Waals surface area (Å²) in [7, 11) is 0. The highest BCUT2D eigenvalue weighted by atomic mass is 35.5. The summed E-state index contributed by atoms with van der Waals surface area (Å²) in [6.07, 6.45) is -0.587. The van der Waals surface area contributed by atoms with Gasteiger partial charge in [0.1, 0.15) is 29.8 Å². The van der Waals surface area contributed by atoms with Crippen molar-refractivity contribution in [1.82, 2.24) is 29.8 Å². The number of nitrogens with zero attached hydrogens (tertiary/aromatic N) is 6. The summed E-state index contributed by atoms with van der Waals surface area (Å²) in [6.45, 7) is 1.95. The van der Waals surface area contributed by atoms with Crippen LogP contribution in [0.2, 0.25) is 10.0 Å². The summed E-state index contributed by atoms with van der Waals surface area (Å²) in [5.41, 5.74) is 1.54. The molecule has 2 aliphatic heterocycles. The van der Waals surface area contributed by atoms with Gasteiger partial charge in [0.25, 0.3) is 0 Å². The van der Waals surface area contributed by atoms with Gasteiger partial charge in [0.15, 0.2) is 29.6 Å². The third-order valence-corrected chi connectivity index (χ3v) is 8.43. The highest BCUT2D eigenvalue weighted by molar-refractivity contribution is 6.43. The van der Waals surface area contributed by atoms with E-state index >= 15 is 0 Å². The summed E-state index contributed by atoms with van der Waals surface area (Å²) in [4.78, 5) is 4.67. The Balaban J connectivity index is 1.27. The number of halogens is 5. The van der Waals surface area contributed by atoms with Crippen LogP contribution in [0, 0.1) is 24.4 Å². The fourth-order valence-electron chi connectivity index (χ4n) is 5.58. The molecule has 0 N–H and O–H groups in total. The van der Waals surface area contributed by atoms with Gasteiger partial charge in [-0.2, -0.15) is 5.10 Å². The average Bonchev–Trinajstić information content (AvgIpc) is 3.68. The van der Waals surface area contributed by atoms with Crippen LogP contribution in [0.4, 0.5) is 13.2 Å². The Labute approximate surface area is 259 Å². The number of fused-ring (bicyclic) bond motifs is 1. The molecule has 0 radical (unpaired) electrons. The van der Waals surface area contributed by atoms with Crippen molar-refractivity contribution in [2.45, 2.75) is 44.0 Å². The highest BCUT2D eigenvalue weighted by Gasteiger charge is 2.47. The smallest absolute Gasteiger partial charge is 0.194 e. The molecule has 2 fully saturated rings. The van der Waals surface area contributed by atoms with Gasteiger partial charge in [0, 0.05) is 17.5 Å². The van der Waals surface area contributed by atoms with Gasteiger partial charge >= 0.3 is 0 Å². The zero-order chi connectivity index (χ0) is 30.5. The number of hydrogen-bond acceptors (Lipinski definition) is 7. The van der Waals surface area contributed by atoms with Crippen LogP contribution in [0.3, 0.4) is 0 Å². The second kappa shape index (κ2) is 11.6. The third-order valence-electron chi connectivity index (χ3n) is 7.62. The lowest BCUT2D eigenvalue weighted by molar-refractivity contribution is -0.302. The van der Waals surface area contributed by atoms with Crippen molar-refractivity contribution in [3.63, 3.8) is 0 Å². The molecule has 7 rings (SSSR count). The zero-order valence-electron chi connectivity index (χ0n) is 22.9. The molecule has 5 atom stereocenters. The first-order chi connectivity index (χ1) is 21.3. The van der Waals surface area contributed by atoms with E-state index in [9.17, 15) is 13.2 Å². The monoisotopic (exact) mass is 642 g/mol. The summed E-state index contributed by atoms with van der Waals surface area (Å²) in [5, 5.41) is 13.7. The van der Waals surface area contributed by atoms with Crippen molar-refractivity contribution in [1.29, 1.82) is 0 Å². The number of aryl methyl sites for hydroxylation is 1. The predicted molar refractivity (Wildman–Crippen MR) is 153 cm³/mol. The van der Waals surface area contributed by atoms with E-state index in [-0.39, 0.29) is 17.9 Å². The lowest BCUT2D eigenvalue weighted by atomic mass is 9.93. The Morgan fingerprint density at radius 1 is 0.955 bits per heavy atom. The van der Waals surface area contributed by atoms with Crippen molar-refractivity contribution >= 4 is 23.2 Å². The van der Waals surface area contributed by atoms with E-state index < -0.39 is 48.1 Å². The van der Waals surface area contributed by atoms with Gasteiger partial charge < -0.3 is 14.2 Å². The van der Waals surface area contributed by atoms with E-state index in [0.717, 1.165) is 17.7 Å². The molecule has 0 aliphatic carbocycles. The Hall–Kier alpha value is -3.81. The first-order valence-electron chi connectivity index (χ1n) is 13.7. The number of benzene rings is 3. The average molecular weight is 643 g/mol. The Morgan fingerprint density at radius 3 is 2.50 bits per heavy atom. The standard InChI is InChI=1S/C30H23Cl2F3N6O3/c1-15-36-29(41(38-15)22-9-5-8-18(31)26(22)32)24-12-23(28-25(43-24)14-42-30(44-28)16-6-3-2-4-7-16)40-13-21(37-39-40)17-10-19(33)27(35)20(34)11-17/h2-11,13,23-25,28,30H,12,14H2,1H3. The van der Waals surface area contributed by atoms with Crippen LogP contribution in [0.5, 0.6) is 0 Å². The van der Waals surface area contributed by atoms with Gasteiger partial charge in [0.05, 0.1) is 34.6 Å². The van der Waals surface area contributed by atoms with Crippen LogP contribution in [0.1, 0.15) is 42.1 Å². The van der Waals surface area contributed by atoms with Crippen molar-refractivity contribution in [3.8, 4) is 16.9 Å². The SMILES string of the molecule is Cc1nc(C2CC(n3cc(-c4cc(F)c(F)c(F)c4)nn3)C3OC(c4ccccc4)OCC3O2)n(-c2cccc(Cl)c2Cl)n1. The molecule has 226 valence electrons. The fourth-order valence-corrected chi connectivity index (χ4v) is 5.95. The van der Waals surface area contributed by atoms with Crippen LogP contribution in [-0.2, 0) is 14.2 Å². The number of rotatable bonds is 5. The predicted octanol–water partition coefficient (Wildman–Crippen LogP) is 6.74. The molecule has 9 nitrogen and oxygen atoms in total. The van der Waals surface area contributed by atoms with Crippen molar-refractivity contribution < 1.29 is 27.4 Å². The van der Waals surface area contributed by atoms with Crippen molar-refractivity contribution in [2.75, 3.05) is 6.61 Å². The molecule has 4 heterocycles. The zero-order valence-corrected chi connectivity index (χ0v) is 24.5. The van der Waals surface area contributed by atoms with Gasteiger partial charge in [0.2, 0.25) is 0 Å². The van der Waals surface area contributed by atoms with Gasteiger partial charge in [-0.15, -0.1) is 5.10 Å². The van der Waals surface area contributed by atoms with Crippen LogP contribution >= 0.6 is 23.2 Å². The van der Waals surface area contributed by atoms with Crippen LogP contribution in [0.15, 0.2) is 66.9 Å². The minimum atomic E-state index is -1.56. The van der Waals surface area contributed by atoms with Crippen LogP contribution < -0.4 is 0 Å². The summed E-state index contributed by atoms with van der Waals surface area (Å²) in [5.74, 6) is -3.24. The minimum Gasteiger partial charge on any atom is -0.362 e. The Bertz CT molecular complexity index is 1820. The molecule has 0 spiro atoms. The normalized spacial score (nSPS) is 23.5. The lowest BCUT2D eigenvalue weighted by Gasteiger charge is -2.45. The second-order valence-electron chi connectivity index (χ2n) is 10.5. The quantitative estimate of drug-likeness (QED) is 0.196. The van der Waals surface area contributed by atoms with Gasteiger partial charge in [-0.05, 0) is 31.2 Å². The van der Waals surface area contributed by atoms with E-state index in [0.29, 0.717) is 33.8 Å². The van der Waals surface area contributed by atoms with E-state index in [1.165, 1.54) is 6.20 Å². The fraction of sp³-hybridized carbons (Fsp3) is 0.267. The Kier molecular flexibility index (Phi) is 7.63. The van der Waals surface area contributed by atoms with Gasteiger partial charge in [-0.3, -0.25) is 0 Å². The molecule has 2 aromatic heterocycles. The topological polar surface area (TPSA) is 89.1 Å². The molecule has 0 saturated carbocycles. The van der Waals surface area contributed by atoms with Gasteiger partial charge in [-0.1, -0.05) is 64.8 Å². The first-order valence-corrected chi connectivity index (χ1v) is 14.4. The molecule has 3 aromatic carbocycles. The van der Waals surface area contributed by atoms with Crippen molar-refractivity contribution in [3.05, 3.63) is 112 Å². The molecule has 5 unspecified atom stereocenters. The van der Waals surface area contributed by atoms with E-state index in [2.05, 4.69) is 20.4 Å². The molecular formula is C30H23Cl2F3N6O3. The largest absolute Gasteiger partial charge is 0.362 e. The first kappa shape index (κ1) is 28.9. The second-order valence-corrected chi connectivity index (χ2v) is 11.3. The van der Waals surface area contributed by atoms with E-state index in [1.807, 2.05) is 30.3 Å².